The molecule has 3 aromatic rings. The van der Waals surface area contributed by atoms with Gasteiger partial charge in [-0.3, -0.25) is 19.1 Å². The molecule has 154 valence electrons. The van der Waals surface area contributed by atoms with Crippen LogP contribution in [0.2, 0.25) is 0 Å². The number of nitrogens with zero attached hydrogens (tertiary/aromatic N) is 1. The van der Waals surface area contributed by atoms with Crippen LogP contribution in [0.15, 0.2) is 52.1 Å². The molecule has 3 N–H and O–H groups in total. The van der Waals surface area contributed by atoms with Crippen LogP contribution in [0.3, 0.4) is 0 Å². The Morgan fingerprint density at radius 1 is 1.13 bits per heavy atom. The van der Waals surface area contributed by atoms with Gasteiger partial charge in [-0.15, -0.1) is 0 Å². The molecule has 0 saturated carbocycles. The van der Waals surface area contributed by atoms with Gasteiger partial charge in [0.1, 0.15) is 17.1 Å². The number of fused-ring (bicyclic) bond motifs is 1. The number of methoxy groups -OCH3 is 1. The molecule has 0 unspecified atom stereocenters. The van der Waals surface area contributed by atoms with Crippen molar-refractivity contribution in [2.45, 2.75) is 0 Å². The Hall–Kier alpha value is -4.14. The van der Waals surface area contributed by atoms with E-state index < -0.39 is 35.2 Å². The van der Waals surface area contributed by atoms with Crippen molar-refractivity contribution in [1.82, 2.24) is 9.55 Å². The number of nitrogen functional groups attached to an aromatic ring is 1. The number of esters is 1. The van der Waals surface area contributed by atoms with Gasteiger partial charge in [0.25, 0.3) is 5.56 Å². The number of aromatic nitrogens is 2. The van der Waals surface area contributed by atoms with E-state index in [2.05, 4.69) is 0 Å². The summed E-state index contributed by atoms with van der Waals surface area (Å²) in [5, 5.41) is 1.95. The second-order valence-corrected chi connectivity index (χ2v) is 6.42. The van der Waals surface area contributed by atoms with Gasteiger partial charge in [0, 0.05) is 13.1 Å². The number of benzene rings is 2. The highest BCUT2D eigenvalue weighted by atomic mass is 16.5. The maximum absolute atomic E-state index is 12.2. The zero-order valence-electron chi connectivity index (χ0n) is 16.3. The van der Waals surface area contributed by atoms with Crippen LogP contribution in [0, 0.1) is 0 Å². The number of hydrogen-bond acceptors (Lipinski definition) is 7. The number of carbonyl (C=O) groups excluding carboxylic acids is 2. The highest BCUT2D eigenvalue weighted by molar-refractivity contribution is 6.02. The molecule has 3 rings (SSSR count). The maximum atomic E-state index is 12.2. The van der Waals surface area contributed by atoms with Crippen molar-refractivity contribution in [1.29, 1.82) is 0 Å². The van der Waals surface area contributed by atoms with Crippen molar-refractivity contribution in [3.05, 3.63) is 74.4 Å². The minimum absolute atomic E-state index is 0.298. The number of ketones is 1. The molecule has 0 atom stereocenters. The number of rotatable bonds is 6. The Balaban J connectivity index is 1.67. The average molecular weight is 409 g/mol. The van der Waals surface area contributed by atoms with E-state index in [1.807, 2.05) is 41.4 Å². The Bertz CT molecular complexity index is 1290. The highest BCUT2D eigenvalue weighted by Gasteiger charge is 2.19. The second-order valence-electron chi connectivity index (χ2n) is 6.42. The summed E-state index contributed by atoms with van der Waals surface area (Å²) in [7, 11) is 2.90. The third-order valence-corrected chi connectivity index (χ3v) is 4.48. The third-order valence-electron chi connectivity index (χ3n) is 4.48. The molecule has 0 aliphatic rings. The summed E-state index contributed by atoms with van der Waals surface area (Å²) in [6.07, 6.45) is 2.72. The first-order valence-electron chi connectivity index (χ1n) is 8.85. The van der Waals surface area contributed by atoms with Crippen LogP contribution in [0.1, 0.15) is 15.9 Å². The summed E-state index contributed by atoms with van der Waals surface area (Å²) in [6, 6.07) is 11.2. The first-order valence-corrected chi connectivity index (χ1v) is 8.85. The molecule has 1 aromatic heterocycles. The fraction of sp³-hybridized carbons (Fsp3) is 0.143. The third kappa shape index (κ3) is 4.30. The standard InChI is InChI=1S/C21H19N3O6/c1-24-19(22)18(20(27)23-21(24)28)16(25)11-30-17(26)8-4-12-3-5-14-10-15(29-2)7-6-13(14)9-12/h3-10H,11,22H2,1-2H3,(H,23,27,28)/b8-4+. The average Bonchev–Trinajstić information content (AvgIpc) is 2.74. The Morgan fingerprint density at radius 3 is 2.57 bits per heavy atom. The molecule has 30 heavy (non-hydrogen) atoms. The van der Waals surface area contributed by atoms with Gasteiger partial charge in [-0.1, -0.05) is 18.2 Å². The fourth-order valence-corrected chi connectivity index (χ4v) is 2.80. The van der Waals surface area contributed by atoms with Gasteiger partial charge in [-0.05, 0) is 40.6 Å². The number of hydrogen-bond donors (Lipinski definition) is 2. The molecule has 9 nitrogen and oxygen atoms in total. The van der Waals surface area contributed by atoms with Gasteiger partial charge >= 0.3 is 11.7 Å². The minimum atomic E-state index is -0.931. The normalized spacial score (nSPS) is 11.0. The number of aromatic amines is 1. The highest BCUT2D eigenvalue weighted by Crippen LogP contribution is 2.22. The van der Waals surface area contributed by atoms with Crippen LogP contribution in [0.4, 0.5) is 5.82 Å². The SMILES string of the molecule is COc1ccc2cc(/C=C/C(=O)OCC(=O)c3c(N)n(C)c(=O)[nH]c3=O)ccc2c1. The predicted molar refractivity (Wildman–Crippen MR) is 112 cm³/mol. The lowest BCUT2D eigenvalue weighted by Crippen LogP contribution is -2.35. The molecule has 0 fully saturated rings. The molecule has 9 heteroatoms. The predicted octanol–water partition coefficient (Wildman–Crippen LogP) is 1.26. The van der Waals surface area contributed by atoms with E-state index in [1.54, 1.807) is 13.2 Å². The van der Waals surface area contributed by atoms with E-state index in [1.165, 1.54) is 13.1 Å². The van der Waals surface area contributed by atoms with Crippen LogP contribution in [0.25, 0.3) is 16.8 Å². The van der Waals surface area contributed by atoms with E-state index in [-0.39, 0.29) is 5.82 Å². The largest absolute Gasteiger partial charge is 0.497 e. The van der Waals surface area contributed by atoms with Gasteiger partial charge in [-0.2, -0.15) is 0 Å². The van der Waals surface area contributed by atoms with Crippen molar-refractivity contribution in [3.8, 4) is 5.75 Å². The Morgan fingerprint density at radius 2 is 1.83 bits per heavy atom. The zero-order chi connectivity index (χ0) is 21.8. The quantitative estimate of drug-likeness (QED) is 0.356. The Labute approximate surface area is 170 Å². The number of anilines is 1. The molecule has 0 aliphatic heterocycles. The summed E-state index contributed by atoms with van der Waals surface area (Å²) < 4.78 is 11.0. The lowest BCUT2D eigenvalue weighted by Gasteiger charge is -2.07. The van der Waals surface area contributed by atoms with Gasteiger partial charge in [0.05, 0.1) is 7.11 Å². The summed E-state index contributed by atoms with van der Waals surface area (Å²) in [4.78, 5) is 49.4. The summed E-state index contributed by atoms with van der Waals surface area (Å²) in [6.45, 7) is -0.688. The van der Waals surface area contributed by atoms with Crippen molar-refractivity contribution >= 4 is 34.4 Å². The van der Waals surface area contributed by atoms with Crippen molar-refractivity contribution in [2.24, 2.45) is 7.05 Å². The van der Waals surface area contributed by atoms with Gasteiger partial charge in [-0.25, -0.2) is 9.59 Å². The summed E-state index contributed by atoms with van der Waals surface area (Å²) in [5.41, 5.74) is 4.30. The Kier molecular flexibility index (Phi) is 5.82. The topological polar surface area (TPSA) is 133 Å². The van der Waals surface area contributed by atoms with Crippen molar-refractivity contribution in [3.63, 3.8) is 0 Å². The number of nitrogens with one attached hydrogen (secondary N) is 1. The maximum Gasteiger partial charge on any atom is 0.331 e. The van der Waals surface area contributed by atoms with Crippen molar-refractivity contribution in [2.75, 3.05) is 19.5 Å². The molecular formula is C21H19N3O6. The van der Waals surface area contributed by atoms with E-state index in [9.17, 15) is 19.2 Å². The van der Waals surface area contributed by atoms with Crippen molar-refractivity contribution < 1.29 is 19.1 Å². The molecule has 1 heterocycles. The number of nitrogens with two attached hydrogens (primary N) is 1. The molecule has 2 aromatic carbocycles. The minimum Gasteiger partial charge on any atom is -0.497 e. The monoisotopic (exact) mass is 409 g/mol. The lowest BCUT2D eigenvalue weighted by atomic mass is 10.1. The smallest absolute Gasteiger partial charge is 0.331 e. The van der Waals surface area contributed by atoms with Crippen LogP contribution >= 0.6 is 0 Å². The summed E-state index contributed by atoms with van der Waals surface area (Å²) >= 11 is 0. The number of Topliss-reactive ketones (excluding diaryl/α,β-unsaturated/α-hetero) is 1. The van der Waals surface area contributed by atoms with Gasteiger partial charge in [0.15, 0.2) is 6.61 Å². The fourth-order valence-electron chi connectivity index (χ4n) is 2.80. The molecule has 0 radical (unpaired) electrons. The van der Waals surface area contributed by atoms with Gasteiger partial charge < -0.3 is 15.2 Å². The van der Waals surface area contributed by atoms with E-state index >= 15 is 0 Å². The first-order chi connectivity index (χ1) is 14.3. The van der Waals surface area contributed by atoms with E-state index in [0.717, 1.165) is 26.7 Å². The van der Waals surface area contributed by atoms with Crippen LogP contribution < -0.4 is 21.7 Å². The summed E-state index contributed by atoms with van der Waals surface area (Å²) in [5.74, 6) is -1.13. The molecule has 0 bridgehead atoms. The zero-order valence-corrected chi connectivity index (χ0v) is 16.3. The first kappa shape index (κ1) is 20.6. The number of ether oxygens (including phenoxy) is 2. The molecular weight excluding hydrogens is 390 g/mol. The second kappa shape index (κ2) is 8.48. The lowest BCUT2D eigenvalue weighted by molar-refractivity contribution is -0.136. The van der Waals surface area contributed by atoms with Crippen LogP contribution in [0.5, 0.6) is 5.75 Å². The van der Waals surface area contributed by atoms with E-state index in [0.29, 0.717) is 0 Å². The molecule has 0 saturated heterocycles. The van der Waals surface area contributed by atoms with Gasteiger partial charge in [0.2, 0.25) is 5.78 Å². The molecule has 0 amide bonds. The number of carbonyl (C=O) groups is 2. The van der Waals surface area contributed by atoms with Crippen LogP contribution in [-0.4, -0.2) is 35.0 Å². The van der Waals surface area contributed by atoms with E-state index in [4.69, 9.17) is 15.2 Å². The molecule has 0 spiro atoms. The molecule has 0 aliphatic carbocycles. The number of H-pyrrole nitrogens is 1. The van der Waals surface area contributed by atoms with Crippen LogP contribution in [-0.2, 0) is 16.6 Å².